The van der Waals surface area contributed by atoms with Gasteiger partial charge in [0.05, 0.1) is 17.1 Å². The van der Waals surface area contributed by atoms with Crippen LogP contribution in [0.3, 0.4) is 0 Å². The van der Waals surface area contributed by atoms with Gasteiger partial charge in [-0.3, -0.25) is 0 Å². The summed E-state index contributed by atoms with van der Waals surface area (Å²) in [5.74, 6) is 0. The minimum atomic E-state index is 0.898. The topological polar surface area (TPSA) is 16.4 Å². The summed E-state index contributed by atoms with van der Waals surface area (Å²) in [5.41, 5.74) is 9.71. The predicted molar refractivity (Wildman–Crippen MR) is 210 cm³/mol. The van der Waals surface area contributed by atoms with E-state index in [0.29, 0.717) is 0 Å². The zero-order valence-corrected chi connectivity index (χ0v) is 27.3. The van der Waals surface area contributed by atoms with Crippen molar-refractivity contribution >= 4 is 81.3 Å². The molecule has 230 valence electrons. The fourth-order valence-electron chi connectivity index (χ4n) is 7.54. The second-order valence-corrected chi connectivity index (χ2v) is 13.5. The molecule has 0 atom stereocenters. The predicted octanol–water partition coefficient (Wildman–Crippen LogP) is 13.9. The van der Waals surface area contributed by atoms with E-state index in [9.17, 15) is 0 Å². The normalized spacial score (nSPS) is 11.7. The van der Waals surface area contributed by atoms with Gasteiger partial charge >= 0.3 is 0 Å². The number of rotatable bonds is 5. The molecule has 0 bridgehead atoms. The number of benzene rings is 8. The number of para-hydroxylation sites is 4. The molecule has 0 aliphatic rings. The van der Waals surface area contributed by atoms with Gasteiger partial charge in [-0.2, -0.15) is 0 Å². The molecule has 0 N–H and O–H groups in total. The average molecular weight is 644 g/mol. The third-order valence-electron chi connectivity index (χ3n) is 9.69. The van der Waals surface area contributed by atoms with E-state index in [2.05, 4.69) is 175 Å². The van der Waals surface area contributed by atoms with E-state index in [1.54, 1.807) is 0 Å². The lowest BCUT2D eigenvalue weighted by Crippen LogP contribution is -2.13. The molecule has 10 aromatic rings. The Kier molecular flexibility index (Phi) is 6.39. The SMILES string of the molecule is c1ccc(N(c2ccccc2-c2cccc3c2oc2ccccc23)c2cccc3sc4ccccc4c23)c(-c2cccc3ccccc23)c1. The Morgan fingerprint density at radius 2 is 0.898 bits per heavy atom. The van der Waals surface area contributed by atoms with Crippen LogP contribution in [0.4, 0.5) is 17.1 Å². The second-order valence-electron chi connectivity index (χ2n) is 12.4. The number of hydrogen-bond donors (Lipinski definition) is 0. The van der Waals surface area contributed by atoms with Crippen LogP contribution in [-0.2, 0) is 0 Å². The van der Waals surface area contributed by atoms with Crippen LogP contribution in [0.1, 0.15) is 0 Å². The summed E-state index contributed by atoms with van der Waals surface area (Å²) in [6.07, 6.45) is 0. The van der Waals surface area contributed by atoms with E-state index in [1.807, 2.05) is 17.4 Å². The highest BCUT2D eigenvalue weighted by atomic mass is 32.1. The molecule has 10 rings (SSSR count). The van der Waals surface area contributed by atoms with Crippen LogP contribution >= 0.6 is 11.3 Å². The summed E-state index contributed by atoms with van der Waals surface area (Å²) in [6.45, 7) is 0. The van der Waals surface area contributed by atoms with Crippen molar-refractivity contribution in [2.45, 2.75) is 0 Å². The van der Waals surface area contributed by atoms with E-state index >= 15 is 0 Å². The first-order valence-electron chi connectivity index (χ1n) is 16.6. The summed E-state index contributed by atoms with van der Waals surface area (Å²) < 4.78 is 9.18. The number of fused-ring (bicyclic) bond motifs is 7. The van der Waals surface area contributed by atoms with Crippen molar-refractivity contribution in [1.29, 1.82) is 0 Å². The fourth-order valence-corrected chi connectivity index (χ4v) is 8.67. The summed E-state index contributed by atoms with van der Waals surface area (Å²) in [7, 11) is 0. The lowest BCUT2D eigenvalue weighted by molar-refractivity contribution is 0.670. The van der Waals surface area contributed by atoms with Crippen LogP contribution in [-0.4, -0.2) is 0 Å². The highest BCUT2D eigenvalue weighted by Gasteiger charge is 2.25. The van der Waals surface area contributed by atoms with Crippen molar-refractivity contribution < 1.29 is 4.42 Å². The third-order valence-corrected chi connectivity index (χ3v) is 10.8. The average Bonchev–Trinajstić information content (AvgIpc) is 3.74. The van der Waals surface area contributed by atoms with Crippen molar-refractivity contribution in [2.75, 3.05) is 4.90 Å². The quantitative estimate of drug-likeness (QED) is 0.186. The number of furan rings is 1. The molecule has 0 amide bonds. The maximum Gasteiger partial charge on any atom is 0.143 e. The summed E-state index contributed by atoms with van der Waals surface area (Å²) in [5, 5.41) is 7.23. The van der Waals surface area contributed by atoms with Gasteiger partial charge < -0.3 is 9.32 Å². The Bertz CT molecular complexity index is 2850. The second kappa shape index (κ2) is 11.2. The minimum absolute atomic E-state index is 0.898. The molecular formula is C46H29NOS. The molecule has 0 spiro atoms. The summed E-state index contributed by atoms with van der Waals surface area (Å²) in [6, 6.07) is 63.2. The first kappa shape index (κ1) is 27.9. The van der Waals surface area contributed by atoms with Crippen molar-refractivity contribution in [3.63, 3.8) is 0 Å². The van der Waals surface area contributed by atoms with Gasteiger partial charge in [0.2, 0.25) is 0 Å². The molecule has 0 aliphatic carbocycles. The van der Waals surface area contributed by atoms with Crippen LogP contribution in [0.15, 0.2) is 180 Å². The fraction of sp³-hybridized carbons (Fsp3) is 0. The highest BCUT2D eigenvalue weighted by Crippen LogP contribution is 2.50. The molecule has 0 fully saturated rings. The number of hydrogen-bond acceptors (Lipinski definition) is 3. The Labute approximate surface area is 287 Å². The van der Waals surface area contributed by atoms with Gasteiger partial charge in [0.15, 0.2) is 0 Å². The maximum atomic E-state index is 6.62. The van der Waals surface area contributed by atoms with E-state index < -0.39 is 0 Å². The molecule has 49 heavy (non-hydrogen) atoms. The standard InChI is InChI=1S/C46H29NOS/c1-2-16-31-30(14-1)15-11-21-32(31)33-17-3-7-24-39(33)47(41-26-13-29-44-45(41)38-20-6-10-28-43(38)49-44)40-25-8-4-18-34(40)36-22-12-23-37-35-19-5-9-27-42(35)48-46(36)37/h1-29H. The van der Waals surface area contributed by atoms with E-state index in [1.165, 1.54) is 42.1 Å². The van der Waals surface area contributed by atoms with Gasteiger partial charge in [-0.05, 0) is 52.7 Å². The molecule has 2 nitrogen and oxygen atoms in total. The third kappa shape index (κ3) is 4.40. The van der Waals surface area contributed by atoms with Gasteiger partial charge in [0.1, 0.15) is 11.2 Å². The number of anilines is 3. The first-order chi connectivity index (χ1) is 24.3. The largest absolute Gasteiger partial charge is 0.455 e. The van der Waals surface area contributed by atoms with Crippen LogP contribution < -0.4 is 4.90 Å². The Balaban J connectivity index is 1.31. The lowest BCUT2D eigenvalue weighted by Gasteiger charge is -2.30. The molecule has 2 heterocycles. The summed E-state index contributed by atoms with van der Waals surface area (Å²) in [4.78, 5) is 2.48. The zero-order valence-electron chi connectivity index (χ0n) is 26.5. The Hall–Kier alpha value is -6.16. The molecule has 0 saturated carbocycles. The lowest BCUT2D eigenvalue weighted by atomic mass is 9.94. The van der Waals surface area contributed by atoms with Crippen LogP contribution in [0.5, 0.6) is 0 Å². The molecule has 0 saturated heterocycles. The molecule has 3 heteroatoms. The van der Waals surface area contributed by atoms with Crippen molar-refractivity contribution in [1.82, 2.24) is 0 Å². The molecule has 0 aliphatic heterocycles. The van der Waals surface area contributed by atoms with Crippen molar-refractivity contribution in [3.05, 3.63) is 176 Å². The highest BCUT2D eigenvalue weighted by molar-refractivity contribution is 7.26. The van der Waals surface area contributed by atoms with E-state index in [0.717, 1.165) is 50.1 Å². The number of nitrogens with zero attached hydrogens (tertiary/aromatic N) is 1. The van der Waals surface area contributed by atoms with Crippen molar-refractivity contribution in [2.24, 2.45) is 0 Å². The number of thiophene rings is 1. The molecular weight excluding hydrogens is 615 g/mol. The molecule has 2 aromatic heterocycles. The van der Waals surface area contributed by atoms with Crippen LogP contribution in [0, 0.1) is 0 Å². The van der Waals surface area contributed by atoms with Crippen LogP contribution in [0.25, 0.3) is 75.1 Å². The Morgan fingerprint density at radius 1 is 0.367 bits per heavy atom. The maximum absolute atomic E-state index is 6.62. The van der Waals surface area contributed by atoms with Gasteiger partial charge in [0, 0.05) is 47.6 Å². The van der Waals surface area contributed by atoms with Gasteiger partial charge in [-0.1, -0.05) is 140 Å². The van der Waals surface area contributed by atoms with E-state index in [4.69, 9.17) is 4.42 Å². The van der Waals surface area contributed by atoms with Crippen molar-refractivity contribution in [3.8, 4) is 22.3 Å². The van der Waals surface area contributed by atoms with E-state index in [-0.39, 0.29) is 0 Å². The first-order valence-corrected chi connectivity index (χ1v) is 17.4. The minimum Gasteiger partial charge on any atom is -0.455 e. The van der Waals surface area contributed by atoms with Gasteiger partial charge in [0.25, 0.3) is 0 Å². The van der Waals surface area contributed by atoms with Crippen LogP contribution in [0.2, 0.25) is 0 Å². The molecule has 0 radical (unpaired) electrons. The zero-order chi connectivity index (χ0) is 32.3. The smallest absolute Gasteiger partial charge is 0.143 e. The summed E-state index contributed by atoms with van der Waals surface area (Å²) >= 11 is 1.85. The van der Waals surface area contributed by atoms with Gasteiger partial charge in [-0.15, -0.1) is 11.3 Å². The molecule has 8 aromatic carbocycles. The Morgan fingerprint density at radius 3 is 1.76 bits per heavy atom. The van der Waals surface area contributed by atoms with Gasteiger partial charge in [-0.25, -0.2) is 0 Å². The monoisotopic (exact) mass is 643 g/mol. The molecule has 0 unspecified atom stereocenters.